The van der Waals surface area contributed by atoms with Crippen LogP contribution in [0.25, 0.3) is 0 Å². The molecule has 3 saturated carbocycles. The predicted molar refractivity (Wildman–Crippen MR) is 129 cm³/mol. The first-order chi connectivity index (χ1) is 15.0. The number of likely N-dealkylation sites (tertiary alicyclic amines) is 1. The van der Waals surface area contributed by atoms with Gasteiger partial charge >= 0.3 is 0 Å². The number of hydrogen-bond donors (Lipinski definition) is 1. The molecule has 9 atom stereocenters. The zero-order valence-electron chi connectivity index (χ0n) is 21.4. The quantitative estimate of drug-likeness (QED) is 0.634. The van der Waals surface area contributed by atoms with Gasteiger partial charge in [-0.3, -0.25) is 4.79 Å². The van der Waals surface area contributed by atoms with Crippen LogP contribution in [0.15, 0.2) is 11.6 Å². The third-order valence-electron chi connectivity index (χ3n) is 11.7. The van der Waals surface area contributed by atoms with E-state index in [9.17, 15) is 9.90 Å². The van der Waals surface area contributed by atoms with Crippen molar-refractivity contribution in [2.24, 2.45) is 34.5 Å². The van der Waals surface area contributed by atoms with Crippen molar-refractivity contribution in [1.82, 2.24) is 9.80 Å². The van der Waals surface area contributed by atoms with Crippen LogP contribution in [0.1, 0.15) is 85.5 Å². The van der Waals surface area contributed by atoms with Crippen molar-refractivity contribution in [2.45, 2.75) is 103 Å². The van der Waals surface area contributed by atoms with Crippen molar-refractivity contribution in [3.63, 3.8) is 0 Å². The molecule has 2 unspecified atom stereocenters. The van der Waals surface area contributed by atoms with E-state index in [1.54, 1.807) is 12.5 Å². The first kappa shape index (κ1) is 22.9. The van der Waals surface area contributed by atoms with Gasteiger partial charge in [-0.05, 0) is 113 Å². The van der Waals surface area contributed by atoms with Crippen molar-refractivity contribution in [3.8, 4) is 0 Å². The summed E-state index contributed by atoms with van der Waals surface area (Å²) in [5.74, 6) is 3.39. The highest BCUT2D eigenvalue weighted by Gasteiger charge is 2.64. The maximum atomic E-state index is 12.9. The van der Waals surface area contributed by atoms with Crippen LogP contribution in [0.5, 0.6) is 0 Å². The average Bonchev–Trinajstić information content (AvgIpc) is 3.26. The monoisotopic (exact) mass is 442 g/mol. The molecule has 32 heavy (non-hydrogen) atoms. The Morgan fingerprint density at radius 2 is 1.94 bits per heavy atom. The molecule has 4 fully saturated rings. The van der Waals surface area contributed by atoms with Crippen molar-refractivity contribution >= 4 is 5.91 Å². The highest BCUT2D eigenvalue weighted by molar-refractivity contribution is 5.84. The van der Waals surface area contributed by atoms with Gasteiger partial charge in [0.05, 0.1) is 0 Å². The summed E-state index contributed by atoms with van der Waals surface area (Å²) in [6, 6.07) is 0.984. The van der Waals surface area contributed by atoms with Crippen molar-refractivity contribution < 1.29 is 9.90 Å². The van der Waals surface area contributed by atoms with Crippen molar-refractivity contribution in [2.75, 3.05) is 20.6 Å². The van der Waals surface area contributed by atoms with Gasteiger partial charge in [-0.15, -0.1) is 0 Å². The van der Waals surface area contributed by atoms with Crippen molar-refractivity contribution in [1.29, 1.82) is 0 Å². The molecular formula is C28H46N2O2. The van der Waals surface area contributed by atoms with Crippen LogP contribution < -0.4 is 0 Å². The fourth-order valence-electron chi connectivity index (χ4n) is 9.47. The Bertz CT molecular complexity index is 805. The molecule has 1 saturated heterocycles. The lowest BCUT2D eigenvalue weighted by Gasteiger charge is -2.58. The number of carbonyl (C=O) groups is 1. The van der Waals surface area contributed by atoms with Gasteiger partial charge in [0.15, 0.2) is 0 Å². The van der Waals surface area contributed by atoms with Crippen LogP contribution in [0.3, 0.4) is 0 Å². The Balaban J connectivity index is 1.36. The zero-order chi connectivity index (χ0) is 23.1. The van der Waals surface area contributed by atoms with E-state index in [1.807, 2.05) is 18.9 Å². The molecule has 1 aliphatic heterocycles. The third-order valence-corrected chi connectivity index (χ3v) is 11.7. The number of nitrogens with zero attached hydrogens (tertiary/aromatic N) is 2. The molecule has 0 aromatic heterocycles. The second-order valence-electron chi connectivity index (χ2n) is 12.8. The molecule has 0 bridgehead atoms. The molecule has 180 valence electrons. The summed E-state index contributed by atoms with van der Waals surface area (Å²) >= 11 is 0. The van der Waals surface area contributed by atoms with Crippen molar-refractivity contribution in [3.05, 3.63) is 11.6 Å². The van der Waals surface area contributed by atoms with E-state index in [1.165, 1.54) is 45.1 Å². The summed E-state index contributed by atoms with van der Waals surface area (Å²) in [7, 11) is 4.27. The molecule has 4 aliphatic carbocycles. The van der Waals surface area contributed by atoms with Gasteiger partial charge in [-0.1, -0.05) is 25.5 Å². The summed E-state index contributed by atoms with van der Waals surface area (Å²) in [6.07, 6.45) is 13.3. The topological polar surface area (TPSA) is 43.8 Å². The molecular weight excluding hydrogens is 396 g/mol. The molecule has 0 radical (unpaired) electrons. The van der Waals surface area contributed by atoms with Gasteiger partial charge < -0.3 is 14.9 Å². The molecule has 1 spiro atoms. The maximum absolute atomic E-state index is 12.9. The molecule has 5 aliphatic rings. The molecule has 4 heteroatoms. The highest BCUT2D eigenvalue weighted by Crippen LogP contribution is 2.68. The van der Waals surface area contributed by atoms with E-state index >= 15 is 0 Å². The lowest BCUT2D eigenvalue weighted by Crippen LogP contribution is -2.54. The minimum Gasteiger partial charge on any atom is -0.380 e. The van der Waals surface area contributed by atoms with E-state index in [2.05, 4.69) is 31.9 Å². The standard InChI is InChI=1S/C28H46N2O2/c1-7-27(4,32)25(31)30(6)20-12-14-26(3)19(16-20)8-9-21-23(26)13-15-28-17-29(5)18(2)22(28)10-11-24(21)28/h8,18,20-24,32H,7,9-17H2,1-6H3/t18-,20-,21+,22+,23?,24-,26-,27?,28-/m0/s1. The van der Waals surface area contributed by atoms with Crippen LogP contribution in [0.4, 0.5) is 0 Å². The normalized spacial score (nSPS) is 47.5. The van der Waals surface area contributed by atoms with Gasteiger partial charge in [0, 0.05) is 25.7 Å². The first-order valence-electron chi connectivity index (χ1n) is 13.4. The number of carbonyl (C=O) groups excluding carboxylic acids is 1. The van der Waals surface area contributed by atoms with Gasteiger partial charge in [0.25, 0.3) is 5.91 Å². The fraction of sp³-hybridized carbons (Fsp3) is 0.893. The van der Waals surface area contributed by atoms with Crippen LogP contribution in [0, 0.1) is 34.5 Å². The Morgan fingerprint density at radius 3 is 2.66 bits per heavy atom. The van der Waals surface area contributed by atoms with Crippen LogP contribution in [0.2, 0.25) is 0 Å². The number of aliphatic hydroxyl groups is 1. The Hall–Kier alpha value is -0.870. The van der Waals surface area contributed by atoms with Gasteiger partial charge in [0.2, 0.25) is 0 Å². The van der Waals surface area contributed by atoms with E-state index in [4.69, 9.17) is 0 Å². The third kappa shape index (κ3) is 3.04. The van der Waals surface area contributed by atoms with E-state index < -0.39 is 5.60 Å². The van der Waals surface area contributed by atoms with E-state index in [0.717, 1.165) is 42.6 Å². The lowest BCUT2D eigenvalue weighted by molar-refractivity contribution is -0.151. The molecule has 0 aromatic rings. The van der Waals surface area contributed by atoms with E-state index in [0.29, 0.717) is 17.3 Å². The molecule has 0 aromatic carbocycles. The second kappa shape index (κ2) is 7.57. The predicted octanol–water partition coefficient (Wildman–Crippen LogP) is 4.87. The number of likely N-dealkylation sites (N-methyl/N-ethyl adjacent to an activating group) is 1. The molecule has 1 heterocycles. The number of amides is 1. The fourth-order valence-corrected chi connectivity index (χ4v) is 9.47. The summed E-state index contributed by atoms with van der Waals surface area (Å²) in [4.78, 5) is 17.4. The van der Waals surface area contributed by atoms with Gasteiger partial charge in [0.1, 0.15) is 5.60 Å². The summed E-state index contributed by atoms with van der Waals surface area (Å²) in [6.45, 7) is 9.91. The summed E-state index contributed by atoms with van der Waals surface area (Å²) in [5.41, 5.74) is 1.27. The SMILES string of the molecule is CCC(C)(O)C(=O)N(C)[C@H]1CC[C@@]2(C)C(=CC[C@@H]3C2CC[C@]24CN(C)[C@@H](C)[C@H]2CC[C@@H]34)C1. The summed E-state index contributed by atoms with van der Waals surface area (Å²) in [5, 5.41) is 10.5. The molecule has 1 N–H and O–H groups in total. The second-order valence-corrected chi connectivity index (χ2v) is 12.8. The van der Waals surface area contributed by atoms with Crippen LogP contribution in [-0.2, 0) is 4.79 Å². The van der Waals surface area contributed by atoms with Gasteiger partial charge in [-0.2, -0.15) is 0 Å². The van der Waals surface area contributed by atoms with Crippen LogP contribution >= 0.6 is 0 Å². The first-order valence-corrected chi connectivity index (χ1v) is 13.4. The molecule has 4 nitrogen and oxygen atoms in total. The zero-order valence-corrected chi connectivity index (χ0v) is 21.4. The van der Waals surface area contributed by atoms with Gasteiger partial charge in [-0.25, -0.2) is 0 Å². The lowest BCUT2D eigenvalue weighted by atomic mass is 9.47. The number of rotatable bonds is 3. The number of fused-ring (bicyclic) bond motifs is 4. The largest absolute Gasteiger partial charge is 0.380 e. The minimum atomic E-state index is -1.25. The smallest absolute Gasteiger partial charge is 0.254 e. The van der Waals surface area contributed by atoms with Crippen LogP contribution in [-0.4, -0.2) is 59.1 Å². The highest BCUT2D eigenvalue weighted by atomic mass is 16.3. The Labute approximate surface area is 195 Å². The average molecular weight is 443 g/mol. The van der Waals surface area contributed by atoms with E-state index in [-0.39, 0.29) is 11.9 Å². The Kier molecular flexibility index (Phi) is 5.41. The Morgan fingerprint density at radius 1 is 1.22 bits per heavy atom. The molecule has 1 amide bonds. The molecule has 5 rings (SSSR count). The summed E-state index contributed by atoms with van der Waals surface area (Å²) < 4.78 is 0. The number of allylic oxidation sites excluding steroid dienone is 1. The minimum absolute atomic E-state index is 0.112. The maximum Gasteiger partial charge on any atom is 0.254 e. The number of hydrogen-bond acceptors (Lipinski definition) is 3.